The van der Waals surface area contributed by atoms with Crippen LogP contribution in [-0.2, 0) is 16.0 Å². The molecule has 0 aliphatic heterocycles. The number of aromatic nitrogens is 3. The summed E-state index contributed by atoms with van der Waals surface area (Å²) in [6.45, 7) is 1.94. The number of aromatic amines is 1. The Balaban J connectivity index is 1.21. The Bertz CT molecular complexity index is 833. The van der Waals surface area contributed by atoms with E-state index in [9.17, 15) is 9.59 Å². The number of aryl methyl sites for hydroxylation is 1. The van der Waals surface area contributed by atoms with E-state index < -0.39 is 0 Å². The Morgan fingerprint density at radius 3 is 2.75 bits per heavy atom. The van der Waals surface area contributed by atoms with Crippen LogP contribution < -0.4 is 10.6 Å². The molecular formula is C20H27N5O2S. The van der Waals surface area contributed by atoms with E-state index in [0.717, 1.165) is 54.9 Å². The fraction of sp³-hybridized carbons (Fsp3) is 0.600. The highest BCUT2D eigenvalue weighted by Gasteiger charge is 2.33. The second-order valence-electron chi connectivity index (χ2n) is 8.00. The van der Waals surface area contributed by atoms with Crippen molar-refractivity contribution in [2.75, 3.05) is 5.32 Å². The second-order valence-corrected chi connectivity index (χ2v) is 9.06. The van der Waals surface area contributed by atoms with Gasteiger partial charge in [0.05, 0.1) is 17.1 Å². The molecule has 0 saturated heterocycles. The second kappa shape index (κ2) is 8.43. The first kappa shape index (κ1) is 19.1. The zero-order valence-corrected chi connectivity index (χ0v) is 17.0. The van der Waals surface area contributed by atoms with Gasteiger partial charge in [-0.1, -0.05) is 19.3 Å². The molecule has 0 radical (unpaired) electrons. The number of carbonyl (C=O) groups excluding carboxylic acids is 2. The fourth-order valence-electron chi connectivity index (χ4n) is 4.13. The summed E-state index contributed by atoms with van der Waals surface area (Å²) in [7, 11) is 0. The van der Waals surface area contributed by atoms with Gasteiger partial charge in [0.15, 0.2) is 5.82 Å². The molecule has 2 aromatic rings. The van der Waals surface area contributed by atoms with E-state index in [1.54, 1.807) is 11.3 Å². The Morgan fingerprint density at radius 1 is 1.25 bits per heavy atom. The minimum Gasteiger partial charge on any atom is -0.353 e. The average molecular weight is 402 g/mol. The van der Waals surface area contributed by atoms with Crippen molar-refractivity contribution in [2.24, 2.45) is 5.92 Å². The first-order valence-corrected chi connectivity index (χ1v) is 11.0. The SMILES string of the molecule is Cc1nc(CC(=O)NC2CC(c3cc(NC(=O)C4CCCCC4)n[nH]3)C2)cs1. The van der Waals surface area contributed by atoms with Gasteiger partial charge in [-0.25, -0.2) is 4.98 Å². The smallest absolute Gasteiger partial charge is 0.228 e. The molecule has 2 aromatic heterocycles. The zero-order valence-electron chi connectivity index (χ0n) is 16.2. The quantitative estimate of drug-likeness (QED) is 0.691. The lowest BCUT2D eigenvalue weighted by Gasteiger charge is -2.35. The number of rotatable bonds is 6. The minimum atomic E-state index is 0.0267. The monoisotopic (exact) mass is 401 g/mol. The van der Waals surface area contributed by atoms with E-state index >= 15 is 0 Å². The van der Waals surface area contributed by atoms with E-state index in [1.807, 2.05) is 18.4 Å². The van der Waals surface area contributed by atoms with Crippen molar-refractivity contribution in [3.8, 4) is 0 Å². The lowest BCUT2D eigenvalue weighted by atomic mass is 9.78. The van der Waals surface area contributed by atoms with Gasteiger partial charge < -0.3 is 10.6 Å². The lowest BCUT2D eigenvalue weighted by molar-refractivity contribution is -0.122. The van der Waals surface area contributed by atoms with Gasteiger partial charge in [-0.2, -0.15) is 5.10 Å². The molecule has 2 aliphatic carbocycles. The van der Waals surface area contributed by atoms with Crippen LogP contribution in [0.3, 0.4) is 0 Å². The molecule has 28 heavy (non-hydrogen) atoms. The van der Waals surface area contributed by atoms with Gasteiger partial charge in [-0.05, 0) is 32.6 Å². The number of H-pyrrole nitrogens is 1. The summed E-state index contributed by atoms with van der Waals surface area (Å²) in [4.78, 5) is 28.8. The third kappa shape index (κ3) is 4.60. The highest BCUT2D eigenvalue weighted by atomic mass is 32.1. The maximum Gasteiger partial charge on any atom is 0.228 e. The van der Waals surface area contributed by atoms with Gasteiger partial charge in [0.2, 0.25) is 11.8 Å². The molecule has 0 atom stereocenters. The molecule has 2 amide bonds. The van der Waals surface area contributed by atoms with Crippen molar-refractivity contribution in [1.82, 2.24) is 20.5 Å². The summed E-state index contributed by atoms with van der Waals surface area (Å²) in [5.41, 5.74) is 1.86. The predicted molar refractivity (Wildman–Crippen MR) is 108 cm³/mol. The normalized spacial score (nSPS) is 22.5. The summed E-state index contributed by atoms with van der Waals surface area (Å²) in [5, 5.41) is 16.2. The number of nitrogens with one attached hydrogen (secondary N) is 3. The molecule has 0 spiro atoms. The van der Waals surface area contributed by atoms with E-state index in [1.165, 1.54) is 6.42 Å². The first-order chi connectivity index (χ1) is 13.6. The van der Waals surface area contributed by atoms with E-state index in [0.29, 0.717) is 18.2 Å². The van der Waals surface area contributed by atoms with Gasteiger partial charge in [0, 0.05) is 35.0 Å². The van der Waals surface area contributed by atoms with Crippen molar-refractivity contribution >= 4 is 29.0 Å². The van der Waals surface area contributed by atoms with Crippen LogP contribution >= 0.6 is 11.3 Å². The molecule has 7 nitrogen and oxygen atoms in total. The van der Waals surface area contributed by atoms with Crippen LogP contribution in [0.4, 0.5) is 5.82 Å². The molecular weight excluding hydrogens is 374 g/mol. The number of amides is 2. The van der Waals surface area contributed by atoms with Crippen LogP contribution in [0.5, 0.6) is 0 Å². The van der Waals surface area contributed by atoms with Crippen LogP contribution in [0.25, 0.3) is 0 Å². The van der Waals surface area contributed by atoms with Crippen LogP contribution in [0, 0.1) is 12.8 Å². The third-order valence-electron chi connectivity index (χ3n) is 5.78. The number of nitrogens with zero attached hydrogens (tertiary/aromatic N) is 2. The van der Waals surface area contributed by atoms with Gasteiger partial charge >= 0.3 is 0 Å². The van der Waals surface area contributed by atoms with Crippen molar-refractivity contribution in [3.05, 3.63) is 27.8 Å². The molecule has 8 heteroatoms. The van der Waals surface area contributed by atoms with Crippen molar-refractivity contribution < 1.29 is 9.59 Å². The number of carbonyl (C=O) groups is 2. The van der Waals surface area contributed by atoms with Gasteiger partial charge in [-0.3, -0.25) is 14.7 Å². The summed E-state index contributed by atoms with van der Waals surface area (Å²) in [5.74, 6) is 1.20. The number of hydrogen-bond donors (Lipinski definition) is 3. The van der Waals surface area contributed by atoms with E-state index in [2.05, 4.69) is 25.8 Å². The molecule has 2 heterocycles. The van der Waals surface area contributed by atoms with Gasteiger partial charge in [0.25, 0.3) is 0 Å². The number of thiazole rings is 1. The molecule has 0 unspecified atom stereocenters. The number of anilines is 1. The van der Waals surface area contributed by atoms with Crippen LogP contribution in [0.15, 0.2) is 11.4 Å². The molecule has 2 aliphatic rings. The standard InChI is InChI=1S/C20H27N5O2S/c1-12-21-16(11-28-12)9-19(26)22-15-7-14(8-15)17-10-18(25-24-17)23-20(27)13-5-3-2-4-6-13/h10-11,13-15H,2-9H2,1H3,(H,22,26)(H2,23,24,25,27). The molecule has 2 saturated carbocycles. The van der Waals surface area contributed by atoms with Crippen LogP contribution in [0.1, 0.15) is 67.3 Å². The summed E-state index contributed by atoms with van der Waals surface area (Å²) >= 11 is 1.57. The topological polar surface area (TPSA) is 99.8 Å². The first-order valence-electron chi connectivity index (χ1n) is 10.1. The average Bonchev–Trinajstić information content (AvgIpc) is 3.27. The van der Waals surface area contributed by atoms with E-state index in [-0.39, 0.29) is 23.8 Å². The van der Waals surface area contributed by atoms with Crippen LogP contribution in [0.2, 0.25) is 0 Å². The summed E-state index contributed by atoms with van der Waals surface area (Å²) < 4.78 is 0. The molecule has 3 N–H and O–H groups in total. The lowest BCUT2D eigenvalue weighted by Crippen LogP contribution is -2.44. The zero-order chi connectivity index (χ0) is 19.5. The molecule has 150 valence electrons. The Hall–Kier alpha value is -2.22. The summed E-state index contributed by atoms with van der Waals surface area (Å²) in [6.07, 6.45) is 7.59. The predicted octanol–water partition coefficient (Wildman–Crippen LogP) is 3.30. The maximum absolute atomic E-state index is 12.3. The molecule has 0 aromatic carbocycles. The molecule has 0 bridgehead atoms. The van der Waals surface area contributed by atoms with E-state index in [4.69, 9.17) is 0 Å². The third-order valence-corrected chi connectivity index (χ3v) is 6.60. The molecule has 4 rings (SSSR count). The van der Waals surface area contributed by atoms with Crippen molar-refractivity contribution in [1.29, 1.82) is 0 Å². The maximum atomic E-state index is 12.3. The van der Waals surface area contributed by atoms with Crippen molar-refractivity contribution in [3.63, 3.8) is 0 Å². The van der Waals surface area contributed by atoms with Gasteiger partial charge in [-0.15, -0.1) is 11.3 Å². The Labute approximate surface area is 168 Å². The highest BCUT2D eigenvalue weighted by Crippen LogP contribution is 2.36. The van der Waals surface area contributed by atoms with Gasteiger partial charge in [0.1, 0.15) is 0 Å². The minimum absolute atomic E-state index is 0.0267. The largest absolute Gasteiger partial charge is 0.353 e. The molecule has 2 fully saturated rings. The Kier molecular flexibility index (Phi) is 5.75. The fourth-order valence-corrected chi connectivity index (χ4v) is 4.74. The summed E-state index contributed by atoms with van der Waals surface area (Å²) in [6, 6.07) is 2.13. The Morgan fingerprint density at radius 2 is 2.04 bits per heavy atom. The van der Waals surface area contributed by atoms with Crippen molar-refractivity contribution in [2.45, 2.75) is 70.3 Å². The number of hydrogen-bond acceptors (Lipinski definition) is 5. The highest BCUT2D eigenvalue weighted by molar-refractivity contribution is 7.09. The van der Waals surface area contributed by atoms with Crippen LogP contribution in [-0.4, -0.2) is 33.0 Å².